The quantitative estimate of drug-likeness (QED) is 0.861. The Bertz CT molecular complexity index is 403. The van der Waals surface area contributed by atoms with Crippen LogP contribution in [-0.4, -0.2) is 31.1 Å². The first-order chi connectivity index (χ1) is 8.74. The van der Waals surface area contributed by atoms with Crippen LogP contribution in [0.2, 0.25) is 5.02 Å². The van der Waals surface area contributed by atoms with Gasteiger partial charge in [-0.25, -0.2) is 0 Å². The third kappa shape index (κ3) is 3.16. The second-order valence-electron chi connectivity index (χ2n) is 4.72. The third-order valence-electron chi connectivity index (χ3n) is 3.20. The van der Waals surface area contributed by atoms with Crippen molar-refractivity contribution in [2.75, 3.05) is 26.2 Å². The van der Waals surface area contributed by atoms with E-state index in [1.54, 1.807) is 0 Å². The number of hydrogen-bond acceptors (Lipinski definition) is 3. The van der Waals surface area contributed by atoms with Gasteiger partial charge in [-0.3, -0.25) is 4.90 Å². The molecule has 0 saturated carbocycles. The maximum atomic E-state index is 6.17. The molecule has 1 aromatic carbocycles. The van der Waals surface area contributed by atoms with Crippen LogP contribution < -0.4 is 10.5 Å². The molecule has 0 aromatic heterocycles. The molecule has 100 valence electrons. The van der Waals surface area contributed by atoms with Crippen LogP contribution in [0.5, 0.6) is 5.75 Å². The van der Waals surface area contributed by atoms with E-state index in [2.05, 4.69) is 11.8 Å². The average Bonchev–Trinajstić information content (AvgIpc) is 2.77. The fourth-order valence-electron chi connectivity index (χ4n) is 2.47. The van der Waals surface area contributed by atoms with Crippen LogP contribution in [0.1, 0.15) is 24.5 Å². The van der Waals surface area contributed by atoms with Crippen LogP contribution in [0.3, 0.4) is 0 Å². The molecular weight excluding hydrogens is 248 g/mol. The first kappa shape index (κ1) is 13.7. The lowest BCUT2D eigenvalue weighted by Crippen LogP contribution is -2.29. The summed E-state index contributed by atoms with van der Waals surface area (Å²) in [6.45, 7) is 6.47. The number of benzene rings is 1. The summed E-state index contributed by atoms with van der Waals surface area (Å²) in [5.41, 5.74) is 8.09. The van der Waals surface area contributed by atoms with Crippen LogP contribution in [0.4, 0.5) is 0 Å². The molecule has 2 N–H and O–H groups in total. The van der Waals surface area contributed by atoms with Gasteiger partial charge in [-0.05, 0) is 30.7 Å². The summed E-state index contributed by atoms with van der Waals surface area (Å²) in [6.07, 6.45) is 2.09. The number of ether oxygens (including phenoxy) is 1. The van der Waals surface area contributed by atoms with Crippen LogP contribution in [0, 0.1) is 0 Å². The molecule has 2 rings (SSSR count). The summed E-state index contributed by atoms with van der Waals surface area (Å²) in [4.78, 5) is 2.35. The Morgan fingerprint density at radius 2 is 2.22 bits per heavy atom. The Kier molecular flexibility index (Phi) is 4.87. The van der Waals surface area contributed by atoms with Gasteiger partial charge >= 0.3 is 0 Å². The number of nitrogens with two attached hydrogens (primary N) is 1. The summed E-state index contributed by atoms with van der Waals surface area (Å²) in [5.74, 6) is 1.04. The van der Waals surface area contributed by atoms with Gasteiger partial charge in [0.1, 0.15) is 5.75 Å². The van der Waals surface area contributed by atoms with Gasteiger partial charge in [-0.15, -0.1) is 0 Å². The van der Waals surface area contributed by atoms with Crippen LogP contribution in [0.15, 0.2) is 12.1 Å². The van der Waals surface area contributed by atoms with E-state index in [0.717, 1.165) is 49.9 Å². The molecule has 1 aliphatic rings. The molecule has 0 radical (unpaired) electrons. The Morgan fingerprint density at radius 3 is 2.94 bits per heavy atom. The number of halogens is 1. The first-order valence-electron chi connectivity index (χ1n) is 6.61. The van der Waals surface area contributed by atoms with E-state index in [-0.39, 0.29) is 0 Å². The van der Waals surface area contributed by atoms with Crippen LogP contribution >= 0.6 is 11.6 Å². The monoisotopic (exact) mass is 268 g/mol. The molecule has 0 saturated heterocycles. The van der Waals surface area contributed by atoms with Gasteiger partial charge in [-0.2, -0.15) is 0 Å². The Hall–Kier alpha value is -0.770. The fraction of sp³-hybridized carbons (Fsp3) is 0.571. The highest BCUT2D eigenvalue weighted by Crippen LogP contribution is 2.33. The van der Waals surface area contributed by atoms with Crippen molar-refractivity contribution < 1.29 is 4.74 Å². The van der Waals surface area contributed by atoms with Crippen LogP contribution in [0.25, 0.3) is 0 Å². The second-order valence-corrected chi connectivity index (χ2v) is 5.15. The lowest BCUT2D eigenvalue weighted by atomic mass is 10.1. The predicted molar refractivity (Wildman–Crippen MR) is 75.3 cm³/mol. The van der Waals surface area contributed by atoms with Crippen molar-refractivity contribution >= 4 is 11.6 Å². The standard InChI is InChI=1S/C14H21ClN2O/c1-2-5-17(6-4-16)10-12-9-13(15)8-11-3-7-18-14(11)12/h8-9H,2-7,10,16H2,1H3. The number of nitrogens with zero attached hydrogens (tertiary/aromatic N) is 1. The van der Waals surface area contributed by atoms with E-state index in [1.807, 2.05) is 12.1 Å². The highest BCUT2D eigenvalue weighted by molar-refractivity contribution is 6.30. The zero-order valence-corrected chi connectivity index (χ0v) is 11.7. The number of fused-ring (bicyclic) bond motifs is 1. The van der Waals surface area contributed by atoms with Gasteiger partial charge in [0.15, 0.2) is 0 Å². The highest BCUT2D eigenvalue weighted by Gasteiger charge is 2.18. The number of hydrogen-bond donors (Lipinski definition) is 1. The molecule has 0 bridgehead atoms. The van der Waals surface area contributed by atoms with E-state index in [9.17, 15) is 0 Å². The van der Waals surface area contributed by atoms with Crippen molar-refractivity contribution in [3.05, 3.63) is 28.3 Å². The molecule has 0 atom stereocenters. The summed E-state index contributed by atoms with van der Waals surface area (Å²) in [5, 5.41) is 0.804. The zero-order chi connectivity index (χ0) is 13.0. The molecule has 0 amide bonds. The summed E-state index contributed by atoms with van der Waals surface area (Å²) >= 11 is 6.17. The molecule has 0 unspecified atom stereocenters. The van der Waals surface area contributed by atoms with Gasteiger partial charge in [-0.1, -0.05) is 18.5 Å². The van der Waals surface area contributed by atoms with Crippen molar-refractivity contribution in [3.63, 3.8) is 0 Å². The van der Waals surface area contributed by atoms with E-state index >= 15 is 0 Å². The second kappa shape index (κ2) is 6.41. The predicted octanol–water partition coefficient (Wildman–Crippen LogP) is 2.45. The Balaban J connectivity index is 2.17. The molecule has 1 aromatic rings. The first-order valence-corrected chi connectivity index (χ1v) is 6.99. The van der Waals surface area contributed by atoms with Gasteiger partial charge in [0.05, 0.1) is 6.61 Å². The molecule has 1 heterocycles. The molecule has 4 heteroatoms. The minimum atomic E-state index is 0.684. The van der Waals surface area contributed by atoms with Gasteiger partial charge in [0.2, 0.25) is 0 Å². The van der Waals surface area contributed by atoms with Crippen molar-refractivity contribution in [3.8, 4) is 5.75 Å². The minimum absolute atomic E-state index is 0.684. The van der Waals surface area contributed by atoms with Gasteiger partial charge < -0.3 is 10.5 Å². The van der Waals surface area contributed by atoms with Gasteiger partial charge in [0, 0.05) is 36.6 Å². The average molecular weight is 269 g/mol. The van der Waals surface area contributed by atoms with Gasteiger partial charge in [0.25, 0.3) is 0 Å². The molecule has 0 spiro atoms. The van der Waals surface area contributed by atoms with E-state index in [1.165, 1.54) is 11.1 Å². The molecule has 1 aliphatic heterocycles. The Labute approximate surface area is 114 Å². The molecular formula is C14H21ClN2O. The van der Waals surface area contributed by atoms with E-state index in [0.29, 0.717) is 6.54 Å². The normalized spacial score (nSPS) is 13.8. The lowest BCUT2D eigenvalue weighted by molar-refractivity contribution is 0.266. The number of rotatable bonds is 6. The molecule has 18 heavy (non-hydrogen) atoms. The minimum Gasteiger partial charge on any atom is -0.493 e. The summed E-state index contributed by atoms with van der Waals surface area (Å²) in [6, 6.07) is 4.03. The third-order valence-corrected chi connectivity index (χ3v) is 3.42. The van der Waals surface area contributed by atoms with Crippen molar-refractivity contribution in [2.24, 2.45) is 5.73 Å². The van der Waals surface area contributed by atoms with Crippen molar-refractivity contribution in [2.45, 2.75) is 26.3 Å². The maximum Gasteiger partial charge on any atom is 0.127 e. The Morgan fingerprint density at radius 1 is 1.39 bits per heavy atom. The lowest BCUT2D eigenvalue weighted by Gasteiger charge is -2.22. The van der Waals surface area contributed by atoms with Crippen molar-refractivity contribution in [1.29, 1.82) is 0 Å². The van der Waals surface area contributed by atoms with E-state index < -0.39 is 0 Å². The van der Waals surface area contributed by atoms with E-state index in [4.69, 9.17) is 22.1 Å². The zero-order valence-electron chi connectivity index (χ0n) is 10.9. The van der Waals surface area contributed by atoms with Crippen molar-refractivity contribution in [1.82, 2.24) is 4.90 Å². The molecule has 0 fully saturated rings. The molecule has 0 aliphatic carbocycles. The SMILES string of the molecule is CCCN(CCN)Cc1cc(Cl)cc2c1OCC2. The largest absolute Gasteiger partial charge is 0.493 e. The molecule has 3 nitrogen and oxygen atoms in total. The smallest absolute Gasteiger partial charge is 0.127 e. The summed E-state index contributed by atoms with van der Waals surface area (Å²) in [7, 11) is 0. The fourth-order valence-corrected chi connectivity index (χ4v) is 2.74. The maximum absolute atomic E-state index is 6.17. The summed E-state index contributed by atoms with van der Waals surface area (Å²) < 4.78 is 5.73. The topological polar surface area (TPSA) is 38.5 Å². The van der Waals surface area contributed by atoms with Crippen LogP contribution in [-0.2, 0) is 13.0 Å². The highest BCUT2D eigenvalue weighted by atomic mass is 35.5.